The fourth-order valence-corrected chi connectivity index (χ4v) is 3.95. The van der Waals surface area contributed by atoms with Crippen molar-refractivity contribution in [3.05, 3.63) is 40.4 Å². The first-order valence-corrected chi connectivity index (χ1v) is 9.55. The van der Waals surface area contributed by atoms with Gasteiger partial charge in [-0.15, -0.1) is 0 Å². The van der Waals surface area contributed by atoms with Crippen molar-refractivity contribution in [3.63, 3.8) is 0 Å². The minimum Gasteiger partial charge on any atom is -0.497 e. The predicted molar refractivity (Wildman–Crippen MR) is 106 cm³/mol. The average Bonchev–Trinajstić information content (AvgIpc) is 2.66. The number of carbonyl (C=O) groups excluding carboxylic acids is 2. The molecule has 0 radical (unpaired) electrons. The molecule has 0 saturated carbocycles. The van der Waals surface area contributed by atoms with Crippen LogP contribution in [0.3, 0.4) is 0 Å². The standard InChI is InChI=1S/C20H22N4O3S/c1-12(17(25)23-11-13-5-7-14(27-4)8-6-13)28-19-16(10-22)20(2,3)15(9-21)18(26)24-19/h5-8,12,15H,11H2,1-4H3,(H,23,25)(H,24,26)/t12-,15-/m1/s1. The van der Waals surface area contributed by atoms with E-state index in [0.29, 0.717) is 17.1 Å². The van der Waals surface area contributed by atoms with Crippen molar-refractivity contribution in [1.29, 1.82) is 10.5 Å². The van der Waals surface area contributed by atoms with Gasteiger partial charge in [-0.2, -0.15) is 10.5 Å². The molecule has 1 aliphatic heterocycles. The third-order valence-electron chi connectivity index (χ3n) is 4.62. The van der Waals surface area contributed by atoms with Crippen molar-refractivity contribution in [3.8, 4) is 17.9 Å². The number of allylic oxidation sites excluding steroid dienone is 1. The van der Waals surface area contributed by atoms with Gasteiger partial charge in [-0.1, -0.05) is 37.7 Å². The molecular weight excluding hydrogens is 376 g/mol. The summed E-state index contributed by atoms with van der Waals surface area (Å²) >= 11 is 1.10. The van der Waals surface area contributed by atoms with E-state index in [9.17, 15) is 20.1 Å². The Bertz CT molecular complexity index is 878. The molecule has 2 atom stereocenters. The fraction of sp³-hybridized carbons (Fsp3) is 0.400. The smallest absolute Gasteiger partial charge is 0.243 e. The summed E-state index contributed by atoms with van der Waals surface area (Å²) in [6.45, 7) is 5.43. The average molecular weight is 398 g/mol. The number of benzene rings is 1. The zero-order valence-corrected chi connectivity index (χ0v) is 17.0. The molecule has 146 valence electrons. The quantitative estimate of drug-likeness (QED) is 0.761. The molecule has 0 aromatic heterocycles. The first kappa shape index (κ1) is 21.3. The minimum atomic E-state index is -0.953. The van der Waals surface area contributed by atoms with Crippen molar-refractivity contribution >= 4 is 23.6 Å². The van der Waals surface area contributed by atoms with Crippen molar-refractivity contribution in [1.82, 2.24) is 10.6 Å². The summed E-state index contributed by atoms with van der Waals surface area (Å²) in [7, 11) is 1.59. The molecule has 1 heterocycles. The van der Waals surface area contributed by atoms with Crippen LogP contribution in [0, 0.1) is 34.0 Å². The molecule has 0 fully saturated rings. The van der Waals surface area contributed by atoms with Gasteiger partial charge in [0.2, 0.25) is 11.8 Å². The number of nitrogens with one attached hydrogen (secondary N) is 2. The maximum atomic E-state index is 12.4. The molecule has 28 heavy (non-hydrogen) atoms. The summed E-state index contributed by atoms with van der Waals surface area (Å²) in [5.74, 6) is -0.896. The highest BCUT2D eigenvalue weighted by molar-refractivity contribution is 8.04. The highest BCUT2D eigenvalue weighted by atomic mass is 32.2. The first-order chi connectivity index (χ1) is 13.2. The van der Waals surface area contributed by atoms with Gasteiger partial charge >= 0.3 is 0 Å². The van der Waals surface area contributed by atoms with Crippen LogP contribution in [0.5, 0.6) is 5.75 Å². The van der Waals surface area contributed by atoms with Gasteiger partial charge in [0.25, 0.3) is 0 Å². The third kappa shape index (κ3) is 4.47. The zero-order valence-electron chi connectivity index (χ0n) is 16.2. The Kier molecular flexibility index (Phi) is 6.71. The van der Waals surface area contributed by atoms with E-state index in [-0.39, 0.29) is 5.91 Å². The van der Waals surface area contributed by atoms with Crippen LogP contribution < -0.4 is 15.4 Å². The second kappa shape index (κ2) is 8.81. The summed E-state index contributed by atoms with van der Waals surface area (Å²) in [4.78, 5) is 24.7. The van der Waals surface area contributed by atoms with Gasteiger partial charge in [0.1, 0.15) is 11.7 Å². The number of ether oxygens (including phenoxy) is 1. The van der Waals surface area contributed by atoms with E-state index in [4.69, 9.17) is 4.74 Å². The SMILES string of the molecule is COc1ccc(CNC(=O)[C@@H](C)SC2=C(C#N)C(C)(C)[C@H](C#N)C(=O)N2)cc1. The van der Waals surface area contributed by atoms with E-state index in [1.807, 2.05) is 30.3 Å². The maximum Gasteiger partial charge on any atom is 0.243 e. The molecule has 2 amide bonds. The van der Waals surface area contributed by atoms with Crippen molar-refractivity contribution in [2.45, 2.75) is 32.6 Å². The molecule has 0 aliphatic carbocycles. The lowest BCUT2D eigenvalue weighted by Crippen LogP contribution is -2.45. The van der Waals surface area contributed by atoms with Gasteiger partial charge in [0.15, 0.2) is 0 Å². The Morgan fingerprint density at radius 2 is 2.00 bits per heavy atom. The molecule has 0 saturated heterocycles. The summed E-state index contributed by atoms with van der Waals surface area (Å²) < 4.78 is 5.10. The summed E-state index contributed by atoms with van der Waals surface area (Å²) in [5.41, 5.74) is 0.304. The minimum absolute atomic E-state index is 0.222. The molecule has 2 rings (SSSR count). The van der Waals surface area contributed by atoms with Gasteiger partial charge < -0.3 is 15.4 Å². The monoisotopic (exact) mass is 398 g/mol. The maximum absolute atomic E-state index is 12.4. The van der Waals surface area contributed by atoms with E-state index in [0.717, 1.165) is 23.1 Å². The Labute approximate surface area is 168 Å². The fourth-order valence-electron chi connectivity index (χ4n) is 2.82. The predicted octanol–water partition coefficient (Wildman–Crippen LogP) is 2.46. The van der Waals surface area contributed by atoms with Crippen molar-refractivity contribution < 1.29 is 14.3 Å². The van der Waals surface area contributed by atoms with Gasteiger partial charge in [0.05, 0.1) is 35.1 Å². The Hall–Kier alpha value is -2.97. The molecule has 2 N–H and O–H groups in total. The molecule has 7 nitrogen and oxygen atoms in total. The first-order valence-electron chi connectivity index (χ1n) is 8.67. The summed E-state index contributed by atoms with van der Waals surface area (Å²) in [6, 6.07) is 11.4. The van der Waals surface area contributed by atoms with Crippen LogP contribution in [0.25, 0.3) is 0 Å². The number of rotatable bonds is 6. The normalized spacial score (nSPS) is 19.1. The van der Waals surface area contributed by atoms with Crippen LogP contribution in [-0.2, 0) is 16.1 Å². The molecule has 1 aromatic carbocycles. The number of methoxy groups -OCH3 is 1. The largest absolute Gasteiger partial charge is 0.497 e. The Morgan fingerprint density at radius 1 is 1.36 bits per heavy atom. The van der Waals surface area contributed by atoms with E-state index < -0.39 is 22.5 Å². The molecular formula is C20H22N4O3S. The number of nitriles is 2. The van der Waals surface area contributed by atoms with E-state index in [1.165, 1.54) is 0 Å². The third-order valence-corrected chi connectivity index (χ3v) is 5.73. The second-order valence-corrected chi connectivity index (χ2v) is 8.27. The molecule has 0 bridgehead atoms. The zero-order chi connectivity index (χ0) is 20.9. The number of amides is 2. The number of hydrogen-bond donors (Lipinski definition) is 2. The highest BCUT2D eigenvalue weighted by Gasteiger charge is 2.45. The van der Waals surface area contributed by atoms with Gasteiger partial charge in [-0.3, -0.25) is 9.59 Å². The van der Waals surface area contributed by atoms with E-state index in [2.05, 4.69) is 16.7 Å². The van der Waals surface area contributed by atoms with Gasteiger partial charge in [-0.05, 0) is 24.6 Å². The van der Waals surface area contributed by atoms with E-state index in [1.54, 1.807) is 27.9 Å². The van der Waals surface area contributed by atoms with E-state index >= 15 is 0 Å². The van der Waals surface area contributed by atoms with Gasteiger partial charge in [0, 0.05) is 12.0 Å². The topological polar surface area (TPSA) is 115 Å². The Morgan fingerprint density at radius 3 is 2.54 bits per heavy atom. The number of carbonyl (C=O) groups is 2. The summed E-state index contributed by atoms with van der Waals surface area (Å²) in [5, 5.41) is 24.1. The summed E-state index contributed by atoms with van der Waals surface area (Å²) in [6.07, 6.45) is 0. The molecule has 1 aromatic rings. The number of nitrogens with zero attached hydrogens (tertiary/aromatic N) is 2. The van der Waals surface area contributed by atoms with Crippen LogP contribution in [-0.4, -0.2) is 24.2 Å². The lowest BCUT2D eigenvalue weighted by molar-refractivity contribution is -0.125. The lowest BCUT2D eigenvalue weighted by Gasteiger charge is -2.35. The molecule has 0 spiro atoms. The van der Waals surface area contributed by atoms with Crippen LogP contribution in [0.15, 0.2) is 34.9 Å². The van der Waals surface area contributed by atoms with Crippen molar-refractivity contribution in [2.24, 2.45) is 11.3 Å². The van der Waals surface area contributed by atoms with Crippen LogP contribution in [0.4, 0.5) is 0 Å². The number of hydrogen-bond acceptors (Lipinski definition) is 6. The van der Waals surface area contributed by atoms with Gasteiger partial charge in [-0.25, -0.2) is 0 Å². The second-order valence-electron chi connectivity index (χ2n) is 6.91. The van der Waals surface area contributed by atoms with Crippen LogP contribution in [0.2, 0.25) is 0 Å². The number of thioether (sulfide) groups is 1. The molecule has 8 heteroatoms. The lowest BCUT2D eigenvalue weighted by atomic mass is 9.72. The van der Waals surface area contributed by atoms with Crippen LogP contribution >= 0.6 is 11.8 Å². The highest BCUT2D eigenvalue weighted by Crippen LogP contribution is 2.42. The Balaban J connectivity index is 2.07. The van der Waals surface area contributed by atoms with Crippen LogP contribution in [0.1, 0.15) is 26.3 Å². The molecule has 0 unspecified atom stereocenters. The van der Waals surface area contributed by atoms with Crippen molar-refractivity contribution in [2.75, 3.05) is 7.11 Å². The molecule has 1 aliphatic rings.